The Balaban J connectivity index is 0.00000306. The summed E-state index contributed by atoms with van der Waals surface area (Å²) >= 11 is 0. The van der Waals surface area contributed by atoms with Crippen LogP contribution in [0.15, 0.2) is 53.7 Å². The van der Waals surface area contributed by atoms with Crippen LogP contribution in [0.1, 0.15) is 25.0 Å². The minimum Gasteiger partial charge on any atom is -0.373 e. The smallest absolute Gasteiger partial charge is 0.194 e. The molecule has 2 aliphatic heterocycles. The quantitative estimate of drug-likeness (QED) is 0.342. The van der Waals surface area contributed by atoms with Crippen LogP contribution in [0, 0.1) is 0 Å². The molecule has 7 nitrogen and oxygen atoms in total. The summed E-state index contributed by atoms with van der Waals surface area (Å²) in [6.45, 7) is 11.8. The van der Waals surface area contributed by atoms with Crippen molar-refractivity contribution in [3.63, 3.8) is 0 Å². The Bertz CT molecular complexity index is 860. The second-order valence-corrected chi connectivity index (χ2v) is 8.83. The van der Waals surface area contributed by atoms with Crippen LogP contribution in [0.3, 0.4) is 0 Å². The third-order valence-electron chi connectivity index (χ3n) is 6.14. The normalized spacial score (nSPS) is 22.1. The van der Waals surface area contributed by atoms with Gasteiger partial charge in [-0.15, -0.1) is 24.0 Å². The van der Waals surface area contributed by atoms with Crippen molar-refractivity contribution in [2.75, 3.05) is 51.2 Å². The molecule has 0 amide bonds. The number of guanidine groups is 1. The lowest BCUT2D eigenvalue weighted by atomic mass is 10.1. The maximum Gasteiger partial charge on any atom is 0.194 e. The van der Waals surface area contributed by atoms with E-state index in [0.717, 1.165) is 64.1 Å². The molecule has 1 aromatic heterocycles. The third-order valence-corrected chi connectivity index (χ3v) is 6.14. The lowest BCUT2D eigenvalue weighted by Crippen LogP contribution is -2.52. The van der Waals surface area contributed by atoms with Gasteiger partial charge < -0.3 is 19.9 Å². The van der Waals surface area contributed by atoms with Crippen LogP contribution < -0.4 is 10.2 Å². The van der Waals surface area contributed by atoms with Gasteiger partial charge in [0.2, 0.25) is 0 Å². The minimum atomic E-state index is 0. The Labute approximate surface area is 215 Å². The fraction of sp³-hybridized carbons (Fsp3) is 0.520. The molecular weight excluding hydrogens is 527 g/mol. The van der Waals surface area contributed by atoms with E-state index in [4.69, 9.17) is 4.74 Å². The monoisotopic (exact) mass is 564 g/mol. The van der Waals surface area contributed by atoms with Crippen molar-refractivity contribution in [1.29, 1.82) is 0 Å². The minimum absolute atomic E-state index is 0. The summed E-state index contributed by atoms with van der Waals surface area (Å²) in [6.07, 6.45) is 2.47. The van der Waals surface area contributed by atoms with Gasteiger partial charge in [-0.3, -0.25) is 9.89 Å². The summed E-state index contributed by atoms with van der Waals surface area (Å²) < 4.78 is 5.85. The molecule has 1 N–H and O–H groups in total. The molecule has 2 atom stereocenters. The SMILES string of the molecule is CN=C(NCc1ccc(CN2CC(C)OC(C)C2)cc1)N1CCN(c2ccccn2)CC1.I. The first-order valence-corrected chi connectivity index (χ1v) is 11.7. The molecule has 2 unspecified atom stereocenters. The largest absolute Gasteiger partial charge is 0.373 e. The summed E-state index contributed by atoms with van der Waals surface area (Å²) in [4.78, 5) is 16.1. The lowest BCUT2D eigenvalue weighted by molar-refractivity contribution is -0.0704. The first-order valence-electron chi connectivity index (χ1n) is 11.7. The number of halogens is 1. The Morgan fingerprint density at radius 2 is 1.67 bits per heavy atom. The van der Waals surface area contributed by atoms with Gasteiger partial charge in [0.1, 0.15) is 5.82 Å². The molecule has 33 heavy (non-hydrogen) atoms. The van der Waals surface area contributed by atoms with Gasteiger partial charge in [-0.05, 0) is 37.1 Å². The molecule has 0 aliphatic carbocycles. The molecule has 2 saturated heterocycles. The van der Waals surface area contributed by atoms with E-state index in [2.05, 4.69) is 74.2 Å². The van der Waals surface area contributed by atoms with E-state index in [1.807, 2.05) is 25.4 Å². The number of pyridine rings is 1. The molecule has 0 bridgehead atoms. The van der Waals surface area contributed by atoms with Gasteiger partial charge in [0.05, 0.1) is 12.2 Å². The Morgan fingerprint density at radius 1 is 1.00 bits per heavy atom. The van der Waals surface area contributed by atoms with E-state index < -0.39 is 0 Å². The van der Waals surface area contributed by atoms with Crippen LogP contribution in [0.5, 0.6) is 0 Å². The molecule has 4 rings (SSSR count). The number of aliphatic imine (C=N–C) groups is 1. The average molecular weight is 565 g/mol. The van der Waals surface area contributed by atoms with Crippen molar-refractivity contribution in [3.05, 3.63) is 59.8 Å². The summed E-state index contributed by atoms with van der Waals surface area (Å²) in [5.41, 5.74) is 2.62. The number of anilines is 1. The number of aromatic nitrogens is 1. The van der Waals surface area contributed by atoms with Crippen molar-refractivity contribution in [2.45, 2.75) is 39.1 Å². The molecule has 2 fully saturated rings. The van der Waals surface area contributed by atoms with Gasteiger partial charge in [0.25, 0.3) is 0 Å². The number of piperazine rings is 1. The van der Waals surface area contributed by atoms with Crippen LogP contribution in [-0.2, 0) is 17.8 Å². The van der Waals surface area contributed by atoms with Gasteiger partial charge >= 0.3 is 0 Å². The predicted octanol–water partition coefficient (Wildman–Crippen LogP) is 3.21. The first-order chi connectivity index (χ1) is 15.6. The Morgan fingerprint density at radius 3 is 2.27 bits per heavy atom. The van der Waals surface area contributed by atoms with Crippen molar-refractivity contribution < 1.29 is 4.74 Å². The zero-order valence-corrected chi connectivity index (χ0v) is 22.3. The average Bonchev–Trinajstić information content (AvgIpc) is 2.81. The van der Waals surface area contributed by atoms with Crippen LogP contribution in [0.25, 0.3) is 0 Å². The first kappa shape index (κ1) is 25.7. The van der Waals surface area contributed by atoms with Crippen molar-refractivity contribution in [1.82, 2.24) is 20.1 Å². The Hall–Kier alpha value is -1.91. The van der Waals surface area contributed by atoms with E-state index in [0.29, 0.717) is 12.2 Å². The van der Waals surface area contributed by atoms with Gasteiger partial charge in [0.15, 0.2) is 5.96 Å². The summed E-state index contributed by atoms with van der Waals surface area (Å²) in [5, 5.41) is 3.54. The van der Waals surface area contributed by atoms with Gasteiger partial charge in [0, 0.05) is 65.6 Å². The maximum atomic E-state index is 5.85. The Kier molecular flexibility index (Phi) is 9.76. The molecular formula is C25H37IN6O. The number of nitrogens with one attached hydrogen (secondary N) is 1. The van der Waals surface area contributed by atoms with Crippen molar-refractivity contribution in [2.24, 2.45) is 4.99 Å². The molecule has 0 saturated carbocycles. The van der Waals surface area contributed by atoms with Crippen LogP contribution in [0.2, 0.25) is 0 Å². The van der Waals surface area contributed by atoms with Crippen LogP contribution in [0.4, 0.5) is 5.82 Å². The highest BCUT2D eigenvalue weighted by Gasteiger charge is 2.22. The number of rotatable bonds is 5. The number of hydrogen-bond donors (Lipinski definition) is 1. The zero-order chi connectivity index (χ0) is 22.3. The van der Waals surface area contributed by atoms with E-state index in [-0.39, 0.29) is 24.0 Å². The maximum absolute atomic E-state index is 5.85. The number of nitrogens with zero attached hydrogens (tertiary/aromatic N) is 5. The summed E-state index contributed by atoms with van der Waals surface area (Å²) in [7, 11) is 1.86. The molecule has 180 valence electrons. The van der Waals surface area contributed by atoms with Crippen molar-refractivity contribution >= 4 is 35.8 Å². The van der Waals surface area contributed by atoms with E-state index >= 15 is 0 Å². The van der Waals surface area contributed by atoms with E-state index in [1.165, 1.54) is 11.1 Å². The fourth-order valence-corrected chi connectivity index (χ4v) is 4.64. The van der Waals surface area contributed by atoms with E-state index in [9.17, 15) is 0 Å². The molecule has 8 heteroatoms. The van der Waals surface area contributed by atoms with Gasteiger partial charge in [-0.25, -0.2) is 4.98 Å². The molecule has 1 aromatic carbocycles. The molecule has 0 spiro atoms. The molecule has 3 heterocycles. The highest BCUT2D eigenvalue weighted by atomic mass is 127. The summed E-state index contributed by atoms with van der Waals surface area (Å²) in [6, 6.07) is 15.0. The number of ether oxygens (including phenoxy) is 1. The number of morpholine rings is 1. The second-order valence-electron chi connectivity index (χ2n) is 8.83. The standard InChI is InChI=1S/C25H36N6O.HI/c1-20-17-29(18-21(2)32-20)19-23-9-7-22(8-10-23)16-28-25(26-3)31-14-12-30(13-15-31)24-6-4-5-11-27-24;/h4-11,20-21H,12-19H2,1-3H3,(H,26,28);1H. The topological polar surface area (TPSA) is 56.2 Å². The predicted molar refractivity (Wildman–Crippen MR) is 145 cm³/mol. The lowest BCUT2D eigenvalue weighted by Gasteiger charge is -2.37. The fourth-order valence-electron chi connectivity index (χ4n) is 4.64. The molecule has 2 aliphatic rings. The number of hydrogen-bond acceptors (Lipinski definition) is 5. The molecule has 2 aromatic rings. The van der Waals surface area contributed by atoms with Crippen LogP contribution in [-0.4, -0.2) is 79.3 Å². The van der Waals surface area contributed by atoms with Crippen molar-refractivity contribution in [3.8, 4) is 0 Å². The van der Waals surface area contributed by atoms with Gasteiger partial charge in [-0.2, -0.15) is 0 Å². The van der Waals surface area contributed by atoms with Gasteiger partial charge in [-0.1, -0.05) is 30.3 Å². The highest BCUT2D eigenvalue weighted by molar-refractivity contribution is 14.0. The highest BCUT2D eigenvalue weighted by Crippen LogP contribution is 2.15. The number of benzene rings is 1. The van der Waals surface area contributed by atoms with E-state index in [1.54, 1.807) is 0 Å². The summed E-state index contributed by atoms with van der Waals surface area (Å²) in [5.74, 6) is 2.02. The molecule has 0 radical (unpaired) electrons. The third kappa shape index (κ3) is 7.28. The zero-order valence-electron chi connectivity index (χ0n) is 20.0. The second kappa shape index (κ2) is 12.5. The van der Waals surface area contributed by atoms with Crippen LogP contribution >= 0.6 is 24.0 Å².